The quantitative estimate of drug-likeness (QED) is 0.541. The van der Waals surface area contributed by atoms with Crippen LogP contribution in [0.4, 0.5) is 4.39 Å². The van der Waals surface area contributed by atoms with Gasteiger partial charge in [0.1, 0.15) is 5.82 Å². The van der Waals surface area contributed by atoms with Crippen molar-refractivity contribution in [2.24, 2.45) is 0 Å². The summed E-state index contributed by atoms with van der Waals surface area (Å²) in [5, 5.41) is 19.1. The second kappa shape index (κ2) is 8.15. The molecule has 1 unspecified atom stereocenters. The Bertz CT molecular complexity index is 844. The van der Waals surface area contributed by atoms with Gasteiger partial charge < -0.3 is 24.3 Å². The topological polar surface area (TPSA) is 100 Å². The standard InChI is InChI=1S/C19H18FNO6/c20-13-5-3-12(4-6-13)16-15(17(23)14-2-1-9-27-14)18(24)19(25)21(16)7-10-26-11-8-22/h1-6,9,16,22,24H,7-8,10-11H2. The first-order valence-corrected chi connectivity index (χ1v) is 8.31. The number of ether oxygens (including phenoxy) is 1. The van der Waals surface area contributed by atoms with Crippen molar-refractivity contribution in [2.45, 2.75) is 6.04 Å². The second-order valence-electron chi connectivity index (χ2n) is 5.86. The largest absolute Gasteiger partial charge is 0.503 e. The van der Waals surface area contributed by atoms with Crippen LogP contribution in [-0.2, 0) is 9.53 Å². The first kappa shape index (κ1) is 18.8. The zero-order valence-corrected chi connectivity index (χ0v) is 14.3. The maximum atomic E-state index is 13.3. The third-order valence-corrected chi connectivity index (χ3v) is 4.19. The number of rotatable bonds is 8. The highest BCUT2D eigenvalue weighted by Gasteiger charge is 2.44. The molecular formula is C19H18FNO6. The van der Waals surface area contributed by atoms with E-state index in [1.165, 1.54) is 47.6 Å². The van der Waals surface area contributed by atoms with Crippen LogP contribution < -0.4 is 0 Å². The Morgan fingerprint density at radius 3 is 2.59 bits per heavy atom. The van der Waals surface area contributed by atoms with Crippen LogP contribution in [0.2, 0.25) is 0 Å². The Morgan fingerprint density at radius 1 is 1.22 bits per heavy atom. The summed E-state index contributed by atoms with van der Waals surface area (Å²) in [6.45, 7) is 0.0985. The molecule has 2 heterocycles. The van der Waals surface area contributed by atoms with E-state index in [1.54, 1.807) is 0 Å². The molecule has 2 aromatic rings. The molecule has 0 spiro atoms. The minimum absolute atomic E-state index is 0.0187. The van der Waals surface area contributed by atoms with E-state index in [4.69, 9.17) is 14.3 Å². The number of amides is 1. The zero-order valence-electron chi connectivity index (χ0n) is 14.3. The van der Waals surface area contributed by atoms with Gasteiger partial charge in [0.05, 0.1) is 37.7 Å². The van der Waals surface area contributed by atoms with Crippen LogP contribution in [0.5, 0.6) is 0 Å². The minimum Gasteiger partial charge on any atom is -0.503 e. The predicted octanol–water partition coefficient (Wildman–Crippen LogP) is 2.01. The normalized spacial score (nSPS) is 17.0. The summed E-state index contributed by atoms with van der Waals surface area (Å²) < 4.78 is 23.6. The summed E-state index contributed by atoms with van der Waals surface area (Å²) in [5.74, 6) is -2.51. The molecule has 142 valence electrons. The van der Waals surface area contributed by atoms with Gasteiger partial charge >= 0.3 is 0 Å². The average Bonchev–Trinajstić information content (AvgIpc) is 3.28. The van der Waals surface area contributed by atoms with Crippen molar-refractivity contribution in [1.82, 2.24) is 4.90 Å². The Morgan fingerprint density at radius 2 is 1.96 bits per heavy atom. The first-order valence-electron chi connectivity index (χ1n) is 8.31. The van der Waals surface area contributed by atoms with Gasteiger partial charge in [0.2, 0.25) is 5.78 Å². The minimum atomic E-state index is -0.909. The number of aliphatic hydroxyl groups excluding tert-OH is 2. The average molecular weight is 375 g/mol. The van der Waals surface area contributed by atoms with Gasteiger partial charge in [-0.15, -0.1) is 0 Å². The van der Waals surface area contributed by atoms with Gasteiger partial charge in [-0.2, -0.15) is 0 Å². The highest BCUT2D eigenvalue weighted by molar-refractivity contribution is 6.14. The summed E-state index contributed by atoms with van der Waals surface area (Å²) in [5.41, 5.74) is 0.328. The number of furan rings is 1. The number of hydrogen-bond donors (Lipinski definition) is 2. The van der Waals surface area contributed by atoms with E-state index in [1.807, 2.05) is 0 Å². The summed E-state index contributed by atoms with van der Waals surface area (Å²) in [4.78, 5) is 26.6. The van der Waals surface area contributed by atoms with Gasteiger partial charge in [-0.3, -0.25) is 9.59 Å². The Labute approximate surface area is 154 Å². The van der Waals surface area contributed by atoms with Gasteiger partial charge in [0, 0.05) is 6.54 Å². The van der Waals surface area contributed by atoms with Crippen LogP contribution in [0.1, 0.15) is 22.2 Å². The lowest BCUT2D eigenvalue weighted by Crippen LogP contribution is -2.34. The van der Waals surface area contributed by atoms with Crippen LogP contribution >= 0.6 is 0 Å². The van der Waals surface area contributed by atoms with E-state index in [2.05, 4.69) is 0 Å². The van der Waals surface area contributed by atoms with Gasteiger partial charge in [0.25, 0.3) is 5.91 Å². The van der Waals surface area contributed by atoms with Gasteiger partial charge in [-0.1, -0.05) is 12.1 Å². The van der Waals surface area contributed by atoms with Crippen molar-refractivity contribution in [3.05, 3.63) is 71.1 Å². The summed E-state index contributed by atoms with van der Waals surface area (Å²) in [6, 6.07) is 7.37. The molecule has 1 aromatic carbocycles. The van der Waals surface area contributed by atoms with Crippen LogP contribution in [0.15, 0.2) is 58.4 Å². The van der Waals surface area contributed by atoms with Crippen LogP contribution in [0, 0.1) is 5.82 Å². The molecule has 0 saturated heterocycles. The van der Waals surface area contributed by atoms with Gasteiger partial charge in [-0.25, -0.2) is 4.39 Å². The first-order chi connectivity index (χ1) is 13.0. The van der Waals surface area contributed by atoms with E-state index in [0.29, 0.717) is 5.56 Å². The fourth-order valence-electron chi connectivity index (χ4n) is 2.98. The maximum absolute atomic E-state index is 13.3. The number of halogens is 1. The number of nitrogens with zero attached hydrogens (tertiary/aromatic N) is 1. The molecule has 1 aliphatic rings. The van der Waals surface area contributed by atoms with Crippen LogP contribution in [0.25, 0.3) is 0 Å². The molecule has 7 nitrogen and oxygen atoms in total. The van der Waals surface area contributed by atoms with E-state index in [0.717, 1.165) is 0 Å². The molecule has 0 radical (unpaired) electrons. The highest BCUT2D eigenvalue weighted by atomic mass is 19.1. The lowest BCUT2D eigenvalue weighted by atomic mass is 9.95. The van der Waals surface area contributed by atoms with Crippen LogP contribution in [-0.4, -0.2) is 53.2 Å². The number of hydrogen-bond acceptors (Lipinski definition) is 6. The molecule has 0 saturated carbocycles. The fourth-order valence-corrected chi connectivity index (χ4v) is 2.98. The monoisotopic (exact) mass is 375 g/mol. The number of aliphatic hydroxyl groups is 2. The molecule has 8 heteroatoms. The summed E-state index contributed by atoms with van der Waals surface area (Å²) >= 11 is 0. The third-order valence-electron chi connectivity index (χ3n) is 4.19. The zero-order chi connectivity index (χ0) is 19.4. The van der Waals surface area contributed by atoms with Crippen LogP contribution in [0.3, 0.4) is 0 Å². The third kappa shape index (κ3) is 3.76. The smallest absolute Gasteiger partial charge is 0.290 e. The van der Waals surface area contributed by atoms with E-state index in [9.17, 15) is 19.1 Å². The molecule has 1 atom stereocenters. The van der Waals surface area contributed by atoms with Crippen molar-refractivity contribution < 1.29 is 33.3 Å². The SMILES string of the molecule is O=C(C1=C(O)C(=O)N(CCOCCO)C1c1ccc(F)cc1)c1ccco1. The van der Waals surface area contributed by atoms with Crippen molar-refractivity contribution in [3.63, 3.8) is 0 Å². The number of Topliss-reactive ketones (excluding diaryl/α,β-unsaturated/α-hetero) is 1. The molecule has 3 rings (SSSR count). The molecule has 27 heavy (non-hydrogen) atoms. The Kier molecular flexibility index (Phi) is 5.68. The summed E-state index contributed by atoms with van der Waals surface area (Å²) in [6.07, 6.45) is 1.31. The lowest BCUT2D eigenvalue weighted by molar-refractivity contribution is -0.130. The van der Waals surface area contributed by atoms with E-state index < -0.39 is 29.3 Å². The molecule has 2 N–H and O–H groups in total. The molecule has 0 bridgehead atoms. The number of carbonyl (C=O) groups is 2. The molecule has 1 aromatic heterocycles. The molecular weight excluding hydrogens is 357 g/mol. The van der Waals surface area contributed by atoms with Crippen molar-refractivity contribution >= 4 is 11.7 Å². The van der Waals surface area contributed by atoms with Crippen molar-refractivity contribution in [1.29, 1.82) is 0 Å². The number of carbonyl (C=O) groups excluding carboxylic acids is 2. The van der Waals surface area contributed by atoms with Gasteiger partial charge in [-0.05, 0) is 29.8 Å². The lowest BCUT2D eigenvalue weighted by Gasteiger charge is -2.26. The number of ketones is 1. The molecule has 0 fully saturated rings. The van der Waals surface area contributed by atoms with E-state index >= 15 is 0 Å². The van der Waals surface area contributed by atoms with E-state index in [-0.39, 0.29) is 37.7 Å². The number of benzene rings is 1. The second-order valence-corrected chi connectivity index (χ2v) is 5.86. The molecule has 0 aliphatic carbocycles. The Hall–Kier alpha value is -2.97. The summed E-state index contributed by atoms with van der Waals surface area (Å²) in [7, 11) is 0. The predicted molar refractivity (Wildman–Crippen MR) is 91.5 cm³/mol. The fraction of sp³-hybridized carbons (Fsp3) is 0.263. The molecule has 1 aliphatic heterocycles. The highest BCUT2D eigenvalue weighted by Crippen LogP contribution is 2.38. The Balaban J connectivity index is 1.96. The van der Waals surface area contributed by atoms with Crippen molar-refractivity contribution in [2.75, 3.05) is 26.4 Å². The molecule has 1 amide bonds. The van der Waals surface area contributed by atoms with Crippen molar-refractivity contribution in [3.8, 4) is 0 Å². The maximum Gasteiger partial charge on any atom is 0.290 e. The van der Waals surface area contributed by atoms with Gasteiger partial charge in [0.15, 0.2) is 11.5 Å².